The Morgan fingerprint density at radius 3 is 2.38 bits per heavy atom. The Bertz CT molecular complexity index is 974. The van der Waals surface area contributed by atoms with Gasteiger partial charge in [-0.1, -0.05) is 29.3 Å². The third-order valence-electron chi connectivity index (χ3n) is 4.99. The molecule has 0 bridgehead atoms. The Morgan fingerprint density at radius 2 is 1.79 bits per heavy atom. The van der Waals surface area contributed by atoms with Crippen LogP contribution in [0.15, 0.2) is 52.3 Å². The second kappa shape index (κ2) is 9.71. The molecule has 2 aromatic carbocycles. The maximum absolute atomic E-state index is 12.8. The first-order valence-corrected chi connectivity index (χ1v) is 12.6. The average Bonchev–Trinajstić information content (AvgIpc) is 2.73. The van der Waals surface area contributed by atoms with Crippen LogP contribution >= 0.6 is 35.0 Å². The minimum Gasteiger partial charge on any atom is -0.352 e. The zero-order chi connectivity index (χ0) is 21.0. The molecule has 0 aliphatic carbocycles. The van der Waals surface area contributed by atoms with Crippen LogP contribution in [0.4, 0.5) is 0 Å². The van der Waals surface area contributed by atoms with Crippen LogP contribution in [0.5, 0.6) is 0 Å². The number of piperidine rings is 1. The van der Waals surface area contributed by atoms with Crippen molar-refractivity contribution in [3.63, 3.8) is 0 Å². The van der Waals surface area contributed by atoms with Gasteiger partial charge in [-0.15, -0.1) is 11.8 Å². The molecule has 9 heteroatoms. The van der Waals surface area contributed by atoms with Crippen molar-refractivity contribution >= 4 is 50.9 Å². The largest absolute Gasteiger partial charge is 0.352 e. The fourth-order valence-corrected chi connectivity index (χ4v) is 5.60. The molecule has 0 saturated carbocycles. The van der Waals surface area contributed by atoms with Gasteiger partial charge in [0.2, 0.25) is 15.9 Å². The summed E-state index contributed by atoms with van der Waals surface area (Å²) in [6.45, 7) is 0.966. The lowest BCUT2D eigenvalue weighted by atomic mass is 9.97. The number of nitrogens with one attached hydrogen (secondary N) is 1. The quantitative estimate of drug-likeness (QED) is 0.631. The Balaban J connectivity index is 1.55. The summed E-state index contributed by atoms with van der Waals surface area (Å²) in [5.41, 5.74) is 0.790. The molecule has 0 unspecified atom stereocenters. The van der Waals surface area contributed by atoms with E-state index in [1.807, 2.05) is 6.26 Å². The summed E-state index contributed by atoms with van der Waals surface area (Å²) in [7, 11) is -3.54. The molecular weight excluding hydrogens is 451 g/mol. The van der Waals surface area contributed by atoms with Crippen molar-refractivity contribution in [2.45, 2.75) is 29.2 Å². The van der Waals surface area contributed by atoms with Crippen LogP contribution in [-0.4, -0.2) is 38.0 Å². The maximum Gasteiger partial charge on any atom is 0.243 e. The van der Waals surface area contributed by atoms with Crippen LogP contribution in [0, 0.1) is 5.92 Å². The van der Waals surface area contributed by atoms with E-state index in [2.05, 4.69) is 5.32 Å². The maximum atomic E-state index is 12.8. The topological polar surface area (TPSA) is 66.5 Å². The van der Waals surface area contributed by atoms with Crippen molar-refractivity contribution in [3.05, 3.63) is 58.1 Å². The molecule has 1 amide bonds. The minimum atomic E-state index is -3.54. The molecule has 3 rings (SSSR count). The molecule has 29 heavy (non-hydrogen) atoms. The van der Waals surface area contributed by atoms with Gasteiger partial charge in [-0.2, -0.15) is 4.31 Å². The van der Waals surface area contributed by atoms with E-state index in [9.17, 15) is 13.2 Å². The Hall–Kier alpha value is -1.25. The molecule has 1 aliphatic heterocycles. The summed E-state index contributed by atoms with van der Waals surface area (Å²) < 4.78 is 27.1. The molecule has 1 saturated heterocycles. The Morgan fingerprint density at radius 1 is 1.14 bits per heavy atom. The summed E-state index contributed by atoms with van der Waals surface area (Å²) in [6.07, 6.45) is 2.92. The molecule has 0 atom stereocenters. The monoisotopic (exact) mass is 472 g/mol. The Labute approximate surface area is 185 Å². The van der Waals surface area contributed by atoms with E-state index < -0.39 is 10.0 Å². The zero-order valence-electron chi connectivity index (χ0n) is 15.9. The molecule has 0 radical (unpaired) electrons. The van der Waals surface area contributed by atoms with Gasteiger partial charge in [0.05, 0.1) is 4.90 Å². The zero-order valence-corrected chi connectivity index (χ0v) is 19.0. The number of halogens is 2. The van der Waals surface area contributed by atoms with Crippen LogP contribution in [0.1, 0.15) is 18.4 Å². The van der Waals surface area contributed by atoms with Crippen molar-refractivity contribution in [3.8, 4) is 0 Å². The molecule has 0 aromatic heterocycles. The van der Waals surface area contributed by atoms with Crippen LogP contribution in [0.25, 0.3) is 0 Å². The highest BCUT2D eigenvalue weighted by Crippen LogP contribution is 2.26. The first-order valence-electron chi connectivity index (χ1n) is 9.17. The fraction of sp³-hybridized carbons (Fsp3) is 0.350. The highest BCUT2D eigenvalue weighted by Gasteiger charge is 2.32. The van der Waals surface area contributed by atoms with Gasteiger partial charge >= 0.3 is 0 Å². The highest BCUT2D eigenvalue weighted by molar-refractivity contribution is 7.98. The number of thioether (sulfide) groups is 1. The number of rotatable bonds is 6. The number of nitrogens with zero attached hydrogens (tertiary/aromatic N) is 1. The molecule has 5 nitrogen and oxygen atoms in total. The number of sulfonamides is 1. The first kappa shape index (κ1) is 22.4. The highest BCUT2D eigenvalue weighted by atomic mass is 35.5. The third-order valence-corrected chi connectivity index (χ3v) is 8.23. The molecule has 1 heterocycles. The molecule has 2 aromatic rings. The normalized spacial score (nSPS) is 16.0. The lowest BCUT2D eigenvalue weighted by Crippen LogP contribution is -2.42. The molecule has 156 valence electrons. The van der Waals surface area contributed by atoms with Gasteiger partial charge in [0.25, 0.3) is 0 Å². The fourth-order valence-electron chi connectivity index (χ4n) is 3.25. The summed E-state index contributed by atoms with van der Waals surface area (Å²) in [5.74, 6) is -0.302. The number of carbonyl (C=O) groups excluding carboxylic acids is 1. The molecular formula is C20H22Cl2N2O3S2. The van der Waals surface area contributed by atoms with Crippen molar-refractivity contribution in [2.24, 2.45) is 5.92 Å². The molecule has 1 fully saturated rings. The van der Waals surface area contributed by atoms with Crippen molar-refractivity contribution < 1.29 is 13.2 Å². The Kier molecular flexibility index (Phi) is 7.51. The molecule has 1 N–H and O–H groups in total. The van der Waals surface area contributed by atoms with E-state index in [0.717, 1.165) is 10.5 Å². The lowest BCUT2D eigenvalue weighted by molar-refractivity contribution is -0.126. The third kappa shape index (κ3) is 5.47. The summed E-state index contributed by atoms with van der Waals surface area (Å²) in [6, 6.07) is 12.0. The number of hydrogen-bond donors (Lipinski definition) is 1. The van der Waals surface area contributed by atoms with Crippen molar-refractivity contribution in [1.29, 1.82) is 0 Å². The van der Waals surface area contributed by atoms with Crippen LogP contribution < -0.4 is 5.32 Å². The van der Waals surface area contributed by atoms with E-state index in [1.165, 1.54) is 4.31 Å². The molecule has 0 spiro atoms. The summed E-state index contributed by atoms with van der Waals surface area (Å²) in [4.78, 5) is 13.8. The predicted molar refractivity (Wildman–Crippen MR) is 118 cm³/mol. The van der Waals surface area contributed by atoms with Gasteiger partial charge < -0.3 is 5.32 Å². The van der Waals surface area contributed by atoms with Gasteiger partial charge in [0.15, 0.2) is 0 Å². The van der Waals surface area contributed by atoms with Gasteiger partial charge in [0, 0.05) is 40.5 Å². The SMILES string of the molecule is CSc1ccc(S(=O)(=O)N2CCC(C(=O)NCc3ccc(Cl)cc3Cl)CC2)cc1. The summed E-state index contributed by atoms with van der Waals surface area (Å²) in [5, 5.41) is 3.94. The first-order chi connectivity index (χ1) is 13.8. The van der Waals surface area contributed by atoms with Gasteiger partial charge in [-0.3, -0.25) is 4.79 Å². The van der Waals surface area contributed by atoms with Crippen LogP contribution in [0.3, 0.4) is 0 Å². The van der Waals surface area contributed by atoms with E-state index in [-0.39, 0.29) is 16.7 Å². The van der Waals surface area contributed by atoms with Crippen molar-refractivity contribution in [2.75, 3.05) is 19.3 Å². The smallest absolute Gasteiger partial charge is 0.243 e. The van der Waals surface area contributed by atoms with Gasteiger partial charge in [0.1, 0.15) is 0 Å². The predicted octanol–water partition coefficient (Wildman–Crippen LogP) is 4.43. The molecule has 1 aliphatic rings. The van der Waals surface area contributed by atoms with Crippen LogP contribution in [-0.2, 0) is 21.4 Å². The van der Waals surface area contributed by atoms with Crippen molar-refractivity contribution in [1.82, 2.24) is 9.62 Å². The average molecular weight is 473 g/mol. The second-order valence-electron chi connectivity index (χ2n) is 6.81. The summed E-state index contributed by atoms with van der Waals surface area (Å²) >= 11 is 13.6. The minimum absolute atomic E-state index is 0.0858. The van der Waals surface area contributed by atoms with E-state index in [0.29, 0.717) is 42.5 Å². The van der Waals surface area contributed by atoms with E-state index in [1.54, 1.807) is 54.2 Å². The van der Waals surface area contributed by atoms with E-state index in [4.69, 9.17) is 23.2 Å². The van der Waals surface area contributed by atoms with Gasteiger partial charge in [-0.05, 0) is 61.1 Å². The standard InChI is InChI=1S/C20H22Cl2N2O3S2/c1-28-17-4-6-18(7-5-17)29(26,27)24-10-8-14(9-11-24)20(25)23-13-15-2-3-16(21)12-19(15)22/h2-7,12,14H,8-11,13H2,1H3,(H,23,25). The van der Waals surface area contributed by atoms with E-state index >= 15 is 0 Å². The lowest BCUT2D eigenvalue weighted by Gasteiger charge is -2.30. The number of carbonyl (C=O) groups is 1. The van der Waals surface area contributed by atoms with Gasteiger partial charge in [-0.25, -0.2) is 8.42 Å². The number of hydrogen-bond acceptors (Lipinski definition) is 4. The number of amides is 1. The second-order valence-corrected chi connectivity index (χ2v) is 10.5. The number of benzene rings is 2. The van der Waals surface area contributed by atoms with Crippen LogP contribution in [0.2, 0.25) is 10.0 Å².